The van der Waals surface area contributed by atoms with Gasteiger partial charge in [-0.1, -0.05) is 29.8 Å². The lowest BCUT2D eigenvalue weighted by molar-refractivity contribution is 0.549. The van der Waals surface area contributed by atoms with Crippen LogP contribution in [0, 0.1) is 5.82 Å². The summed E-state index contributed by atoms with van der Waals surface area (Å²) >= 11 is 5.14. The van der Waals surface area contributed by atoms with E-state index in [2.05, 4.69) is 46.5 Å². The third-order valence-electron chi connectivity index (χ3n) is 3.29. The van der Waals surface area contributed by atoms with Crippen LogP contribution in [0.3, 0.4) is 0 Å². The van der Waals surface area contributed by atoms with Crippen molar-refractivity contribution in [3.63, 3.8) is 0 Å². The molecule has 1 unspecified atom stereocenters. The Kier molecular flexibility index (Phi) is 5.75. The summed E-state index contributed by atoms with van der Waals surface area (Å²) in [6.07, 6.45) is 2.00. The molecule has 1 heterocycles. The average molecular weight is 356 g/mol. The molecule has 0 aliphatic heterocycles. The highest BCUT2D eigenvalue weighted by molar-refractivity contribution is 9.10. The lowest BCUT2D eigenvalue weighted by Gasteiger charge is -2.20. The fourth-order valence-corrected chi connectivity index (χ4v) is 3.73. The second-order valence-corrected chi connectivity index (χ2v) is 6.58. The Morgan fingerprint density at radius 3 is 2.80 bits per heavy atom. The summed E-state index contributed by atoms with van der Waals surface area (Å²) in [7, 11) is 0. The Labute approximate surface area is 132 Å². The van der Waals surface area contributed by atoms with Crippen molar-refractivity contribution in [2.24, 2.45) is 0 Å². The van der Waals surface area contributed by atoms with Crippen molar-refractivity contribution in [3.8, 4) is 0 Å². The number of benzene rings is 1. The van der Waals surface area contributed by atoms with E-state index in [1.165, 1.54) is 16.5 Å². The third-order valence-corrected chi connectivity index (χ3v) is 4.81. The summed E-state index contributed by atoms with van der Waals surface area (Å²) in [6, 6.07) is 7.21. The molecule has 108 valence electrons. The molecule has 0 saturated heterocycles. The fraction of sp³-hybridized carbons (Fsp3) is 0.375. The van der Waals surface area contributed by atoms with Crippen molar-refractivity contribution in [1.82, 2.24) is 5.32 Å². The summed E-state index contributed by atoms with van der Waals surface area (Å²) in [5.41, 5.74) is 2.01. The molecule has 0 spiro atoms. The van der Waals surface area contributed by atoms with Gasteiger partial charge in [-0.15, -0.1) is 11.3 Å². The molecular weight excluding hydrogens is 337 g/mol. The van der Waals surface area contributed by atoms with Crippen molar-refractivity contribution in [2.45, 2.75) is 32.7 Å². The number of rotatable bonds is 6. The Hall–Kier alpha value is -0.710. The first-order chi connectivity index (χ1) is 9.67. The van der Waals surface area contributed by atoms with Crippen LogP contribution in [0.15, 0.2) is 34.1 Å². The third kappa shape index (κ3) is 3.48. The van der Waals surface area contributed by atoms with E-state index < -0.39 is 0 Å². The van der Waals surface area contributed by atoms with Gasteiger partial charge in [-0.2, -0.15) is 0 Å². The molecule has 0 aliphatic carbocycles. The van der Waals surface area contributed by atoms with E-state index in [1.54, 1.807) is 17.4 Å². The van der Waals surface area contributed by atoms with E-state index in [0.29, 0.717) is 5.56 Å². The molecule has 0 fully saturated rings. The van der Waals surface area contributed by atoms with Crippen molar-refractivity contribution in [2.75, 3.05) is 6.54 Å². The molecule has 2 aromatic rings. The standard InChI is InChI=1S/C16H19BrFNS/c1-3-8-19-15(16-11(4-2)7-9-20-16)13-10-12(17)5-6-14(13)18/h5-7,9-10,15,19H,3-4,8H2,1-2H3. The zero-order valence-corrected chi connectivity index (χ0v) is 14.2. The van der Waals surface area contributed by atoms with Crippen LogP contribution in [0.25, 0.3) is 0 Å². The minimum absolute atomic E-state index is 0.0672. The van der Waals surface area contributed by atoms with E-state index in [4.69, 9.17) is 0 Å². The molecular formula is C16H19BrFNS. The number of hydrogen-bond donors (Lipinski definition) is 1. The monoisotopic (exact) mass is 355 g/mol. The number of halogens is 2. The van der Waals surface area contributed by atoms with E-state index in [-0.39, 0.29) is 11.9 Å². The molecule has 1 aromatic heterocycles. The highest BCUT2D eigenvalue weighted by Gasteiger charge is 2.21. The van der Waals surface area contributed by atoms with Crippen molar-refractivity contribution in [3.05, 3.63) is 55.9 Å². The summed E-state index contributed by atoms with van der Waals surface area (Å²) in [6.45, 7) is 5.13. The Morgan fingerprint density at radius 1 is 1.30 bits per heavy atom. The number of aryl methyl sites for hydroxylation is 1. The van der Waals surface area contributed by atoms with Crippen molar-refractivity contribution >= 4 is 27.3 Å². The molecule has 1 nitrogen and oxygen atoms in total. The second-order valence-electron chi connectivity index (χ2n) is 4.72. The topological polar surface area (TPSA) is 12.0 Å². The van der Waals surface area contributed by atoms with Crippen LogP contribution in [-0.2, 0) is 6.42 Å². The minimum Gasteiger partial charge on any atom is -0.305 e. The van der Waals surface area contributed by atoms with Crippen LogP contribution < -0.4 is 5.32 Å². The maximum absolute atomic E-state index is 14.2. The van der Waals surface area contributed by atoms with E-state index in [9.17, 15) is 4.39 Å². The molecule has 0 radical (unpaired) electrons. The highest BCUT2D eigenvalue weighted by Crippen LogP contribution is 2.32. The van der Waals surface area contributed by atoms with Gasteiger partial charge in [0.15, 0.2) is 0 Å². The van der Waals surface area contributed by atoms with Crippen LogP contribution in [-0.4, -0.2) is 6.54 Å². The fourth-order valence-electron chi connectivity index (χ4n) is 2.26. The minimum atomic E-state index is -0.155. The quantitative estimate of drug-likeness (QED) is 0.741. The summed E-state index contributed by atoms with van der Waals surface area (Å²) in [5.74, 6) is -0.155. The van der Waals surface area contributed by atoms with Gasteiger partial charge >= 0.3 is 0 Å². The largest absolute Gasteiger partial charge is 0.305 e. The van der Waals surface area contributed by atoms with Crippen molar-refractivity contribution in [1.29, 1.82) is 0 Å². The first-order valence-corrected chi connectivity index (χ1v) is 8.59. The van der Waals surface area contributed by atoms with Gasteiger partial charge < -0.3 is 5.32 Å². The summed E-state index contributed by atoms with van der Waals surface area (Å²) in [5, 5.41) is 5.57. The maximum Gasteiger partial charge on any atom is 0.128 e. The number of nitrogens with one attached hydrogen (secondary N) is 1. The predicted molar refractivity (Wildman–Crippen MR) is 87.9 cm³/mol. The molecule has 0 bridgehead atoms. The lowest BCUT2D eigenvalue weighted by atomic mass is 10.0. The first kappa shape index (κ1) is 15.7. The van der Waals surface area contributed by atoms with E-state index in [0.717, 1.165) is 23.9 Å². The smallest absolute Gasteiger partial charge is 0.128 e. The lowest BCUT2D eigenvalue weighted by Crippen LogP contribution is -2.24. The summed E-state index contributed by atoms with van der Waals surface area (Å²) in [4.78, 5) is 1.22. The van der Waals surface area contributed by atoms with E-state index in [1.807, 2.05) is 6.07 Å². The van der Waals surface area contributed by atoms with Crippen LogP contribution in [0.2, 0.25) is 0 Å². The normalized spacial score (nSPS) is 12.6. The van der Waals surface area contributed by atoms with Crippen molar-refractivity contribution < 1.29 is 4.39 Å². The SMILES string of the molecule is CCCNC(c1cc(Br)ccc1F)c1sccc1CC. The molecule has 1 atom stereocenters. The van der Waals surface area contributed by atoms with Gasteiger partial charge in [0.25, 0.3) is 0 Å². The zero-order chi connectivity index (χ0) is 14.5. The Bertz CT molecular complexity index is 567. The molecule has 1 N–H and O–H groups in total. The first-order valence-electron chi connectivity index (χ1n) is 6.92. The van der Waals surface area contributed by atoms with Gasteiger partial charge in [0, 0.05) is 14.9 Å². The van der Waals surface area contributed by atoms with E-state index >= 15 is 0 Å². The molecule has 0 amide bonds. The zero-order valence-electron chi connectivity index (χ0n) is 11.7. The highest BCUT2D eigenvalue weighted by atomic mass is 79.9. The van der Waals surface area contributed by atoms with Gasteiger partial charge in [-0.3, -0.25) is 0 Å². The molecule has 20 heavy (non-hydrogen) atoms. The van der Waals surface area contributed by atoms with Gasteiger partial charge in [0.1, 0.15) is 5.82 Å². The summed E-state index contributed by atoms with van der Waals surface area (Å²) < 4.78 is 15.1. The maximum atomic E-state index is 14.2. The molecule has 0 saturated carbocycles. The van der Waals surface area contributed by atoms with Gasteiger partial charge in [0.05, 0.1) is 6.04 Å². The Balaban J connectivity index is 2.44. The van der Waals surface area contributed by atoms with Crippen LogP contribution in [0.4, 0.5) is 4.39 Å². The predicted octanol–water partition coefficient (Wildman–Crippen LogP) is 5.30. The van der Waals surface area contributed by atoms with Crippen LogP contribution >= 0.6 is 27.3 Å². The molecule has 2 rings (SSSR count). The van der Waals surface area contributed by atoms with Gasteiger partial charge in [-0.25, -0.2) is 4.39 Å². The number of thiophene rings is 1. The second kappa shape index (κ2) is 7.34. The van der Waals surface area contributed by atoms with Gasteiger partial charge in [-0.05, 0) is 54.6 Å². The van der Waals surface area contributed by atoms with Crippen LogP contribution in [0.5, 0.6) is 0 Å². The average Bonchev–Trinajstić information content (AvgIpc) is 2.91. The molecule has 4 heteroatoms. The Morgan fingerprint density at radius 2 is 2.10 bits per heavy atom. The molecule has 0 aliphatic rings. The molecule has 1 aromatic carbocycles. The van der Waals surface area contributed by atoms with Crippen LogP contribution in [0.1, 0.15) is 42.3 Å². The van der Waals surface area contributed by atoms with Gasteiger partial charge in [0.2, 0.25) is 0 Å². The number of hydrogen-bond acceptors (Lipinski definition) is 2.